The molecule has 3 aromatic rings. The van der Waals surface area contributed by atoms with E-state index >= 15 is 0 Å². The maximum Gasteiger partial charge on any atom is 0.250 e. The van der Waals surface area contributed by atoms with Crippen molar-refractivity contribution in [2.75, 3.05) is 0 Å². The molecule has 3 heteroatoms. The van der Waals surface area contributed by atoms with Crippen LogP contribution in [0.25, 0.3) is 10.9 Å². The zero-order chi connectivity index (χ0) is 13.0. The van der Waals surface area contributed by atoms with Crippen molar-refractivity contribution in [2.24, 2.45) is 7.05 Å². The lowest BCUT2D eigenvalue weighted by atomic mass is 10.2. The highest BCUT2D eigenvalue weighted by atomic mass is 15.0. The number of pyridine rings is 1. The summed E-state index contributed by atoms with van der Waals surface area (Å²) in [5.41, 5.74) is 2.27. The van der Waals surface area contributed by atoms with Crippen molar-refractivity contribution in [1.29, 1.82) is 0 Å². The molecule has 0 fully saturated rings. The average molecular weight is 240 g/mol. The summed E-state index contributed by atoms with van der Waals surface area (Å²) in [4.78, 5) is 7.35. The highest BCUT2D eigenvalue weighted by Gasteiger charge is 2.00. The summed E-state index contributed by atoms with van der Waals surface area (Å²) in [5, 5.41) is 1.20. The molecule has 3 rings (SSSR count). The summed E-state index contributed by atoms with van der Waals surface area (Å²) >= 11 is 0. The van der Waals surface area contributed by atoms with Crippen molar-refractivity contribution < 1.29 is 4.57 Å². The minimum atomic E-state index is 1.06. The van der Waals surface area contributed by atoms with Gasteiger partial charge in [0.15, 0.2) is 0 Å². The van der Waals surface area contributed by atoms with Gasteiger partial charge in [0, 0.05) is 25.4 Å². The van der Waals surface area contributed by atoms with E-state index in [1.54, 1.807) is 0 Å². The number of aromatic amines is 1. The fourth-order valence-corrected chi connectivity index (χ4v) is 1.81. The van der Waals surface area contributed by atoms with Gasteiger partial charge < -0.3 is 0 Å². The second-order valence-corrected chi connectivity index (χ2v) is 4.33. The van der Waals surface area contributed by atoms with E-state index in [1.807, 2.05) is 51.4 Å². The highest BCUT2D eigenvalue weighted by Crippen LogP contribution is 2.07. The third-order valence-corrected chi connectivity index (χ3v) is 2.81. The van der Waals surface area contributed by atoms with Crippen LogP contribution in [0, 0.1) is 13.8 Å². The molecule has 2 aromatic heterocycles. The molecule has 2 heterocycles. The van der Waals surface area contributed by atoms with Gasteiger partial charge in [0.1, 0.15) is 11.9 Å². The molecule has 0 aliphatic carbocycles. The lowest BCUT2D eigenvalue weighted by molar-refractivity contribution is -0.676. The summed E-state index contributed by atoms with van der Waals surface area (Å²) in [5.74, 6) is 1.20. The maximum atomic E-state index is 4.18. The number of H-pyrrole nitrogens is 1. The Morgan fingerprint density at radius 3 is 2.33 bits per heavy atom. The van der Waals surface area contributed by atoms with Gasteiger partial charge in [-0.2, -0.15) is 0 Å². The van der Waals surface area contributed by atoms with Gasteiger partial charge in [-0.25, -0.2) is 9.55 Å². The van der Waals surface area contributed by atoms with E-state index in [1.165, 1.54) is 16.9 Å². The maximum absolute atomic E-state index is 4.18. The highest BCUT2D eigenvalue weighted by molar-refractivity contribution is 5.77. The number of para-hydroxylation sites is 1. The monoisotopic (exact) mass is 240 g/mol. The Hall–Kier alpha value is -2.16. The summed E-state index contributed by atoms with van der Waals surface area (Å²) in [6.07, 6.45) is 3.87. The third kappa shape index (κ3) is 2.94. The largest absolute Gasteiger partial charge is 0.256 e. The first-order chi connectivity index (χ1) is 8.66. The molecule has 0 aliphatic rings. The smallest absolute Gasteiger partial charge is 0.250 e. The molecular weight excluding hydrogens is 222 g/mol. The first-order valence-corrected chi connectivity index (χ1v) is 5.98. The van der Waals surface area contributed by atoms with Crippen molar-refractivity contribution >= 4 is 10.9 Å². The lowest BCUT2D eigenvalue weighted by Gasteiger charge is -1.91. The van der Waals surface area contributed by atoms with E-state index < -0.39 is 0 Å². The molecule has 0 amide bonds. The number of imidazole rings is 1. The molecule has 0 aliphatic heterocycles. The normalized spacial score (nSPS) is 9.94. The zero-order valence-corrected chi connectivity index (χ0v) is 11.0. The fourth-order valence-electron chi connectivity index (χ4n) is 1.81. The molecular formula is C15H18N3+. The van der Waals surface area contributed by atoms with E-state index in [0.29, 0.717) is 0 Å². The molecule has 0 saturated heterocycles. The lowest BCUT2D eigenvalue weighted by Crippen LogP contribution is -2.27. The number of benzene rings is 1. The molecule has 0 atom stereocenters. The molecule has 1 aromatic carbocycles. The number of aryl methyl sites for hydroxylation is 3. The number of nitrogens with one attached hydrogen (secondary N) is 1. The number of fused-ring (bicyclic) bond motifs is 1. The first kappa shape index (κ1) is 12.3. The summed E-state index contributed by atoms with van der Waals surface area (Å²) in [6, 6.07) is 12.1. The second-order valence-electron chi connectivity index (χ2n) is 4.33. The van der Waals surface area contributed by atoms with Crippen LogP contribution in [0.3, 0.4) is 0 Å². The number of rotatable bonds is 0. The van der Waals surface area contributed by atoms with Gasteiger partial charge in [0.2, 0.25) is 0 Å². The van der Waals surface area contributed by atoms with Gasteiger partial charge in [0.25, 0.3) is 5.82 Å². The van der Waals surface area contributed by atoms with Crippen molar-refractivity contribution in [3.63, 3.8) is 0 Å². The molecule has 92 valence electrons. The fraction of sp³-hybridized carbons (Fsp3) is 0.200. The second kappa shape index (κ2) is 5.45. The summed E-state index contributed by atoms with van der Waals surface area (Å²) < 4.78 is 2.06. The zero-order valence-electron chi connectivity index (χ0n) is 11.0. The van der Waals surface area contributed by atoms with Crippen LogP contribution in [0.4, 0.5) is 0 Å². The summed E-state index contributed by atoms with van der Waals surface area (Å²) in [7, 11) is 2.03. The van der Waals surface area contributed by atoms with Crippen molar-refractivity contribution in [3.05, 3.63) is 60.3 Å². The Morgan fingerprint density at radius 1 is 1.06 bits per heavy atom. The van der Waals surface area contributed by atoms with Gasteiger partial charge in [-0.05, 0) is 12.1 Å². The number of hydrogen-bond donors (Lipinski definition) is 1. The van der Waals surface area contributed by atoms with Gasteiger partial charge >= 0.3 is 0 Å². The Bertz CT molecular complexity index is 556. The van der Waals surface area contributed by atoms with Crippen LogP contribution in [0.2, 0.25) is 0 Å². The molecule has 1 N–H and O–H groups in total. The predicted molar refractivity (Wildman–Crippen MR) is 73.2 cm³/mol. The molecule has 0 spiro atoms. The quantitative estimate of drug-likeness (QED) is 0.602. The van der Waals surface area contributed by atoms with E-state index in [4.69, 9.17) is 0 Å². The predicted octanol–water partition coefficient (Wildman–Crippen LogP) is 2.69. The average Bonchev–Trinajstić information content (AvgIpc) is 2.67. The van der Waals surface area contributed by atoms with Crippen LogP contribution in [-0.2, 0) is 7.05 Å². The van der Waals surface area contributed by atoms with Crippen molar-refractivity contribution in [1.82, 2.24) is 9.97 Å². The first-order valence-electron chi connectivity index (χ1n) is 5.98. The van der Waals surface area contributed by atoms with Crippen molar-refractivity contribution in [3.8, 4) is 0 Å². The van der Waals surface area contributed by atoms with E-state index in [-0.39, 0.29) is 0 Å². The third-order valence-electron chi connectivity index (χ3n) is 2.81. The SMILES string of the molecule is Cc1c[n+](C)c(C)[nH]1.c1ccc2ncccc2c1. The van der Waals surface area contributed by atoms with E-state index in [0.717, 1.165) is 5.52 Å². The Kier molecular flexibility index (Phi) is 3.72. The van der Waals surface area contributed by atoms with Crippen LogP contribution in [0.5, 0.6) is 0 Å². The van der Waals surface area contributed by atoms with Crippen LogP contribution in [-0.4, -0.2) is 9.97 Å². The van der Waals surface area contributed by atoms with Gasteiger partial charge in [-0.3, -0.25) is 4.98 Å². The minimum Gasteiger partial charge on any atom is -0.256 e. The molecule has 0 bridgehead atoms. The van der Waals surface area contributed by atoms with Gasteiger partial charge in [-0.15, -0.1) is 0 Å². The van der Waals surface area contributed by atoms with E-state index in [2.05, 4.69) is 32.9 Å². The minimum absolute atomic E-state index is 1.06. The van der Waals surface area contributed by atoms with E-state index in [9.17, 15) is 0 Å². The molecule has 3 nitrogen and oxygen atoms in total. The summed E-state index contributed by atoms with van der Waals surface area (Å²) in [6.45, 7) is 4.10. The topological polar surface area (TPSA) is 32.6 Å². The van der Waals surface area contributed by atoms with Crippen LogP contribution < -0.4 is 4.57 Å². The standard InChI is InChI=1S/C9H7N.C6H10N2/c1-2-6-9-8(4-1)5-3-7-10-9;1-5-4-8(3)6(2)7-5/h1-7H;4H,1-3H3/p+1. The van der Waals surface area contributed by atoms with Crippen molar-refractivity contribution in [2.45, 2.75) is 13.8 Å². The number of hydrogen-bond acceptors (Lipinski definition) is 1. The molecule has 0 saturated carbocycles. The van der Waals surface area contributed by atoms with Crippen LogP contribution in [0.15, 0.2) is 48.8 Å². The van der Waals surface area contributed by atoms with Crippen LogP contribution >= 0.6 is 0 Å². The Balaban J connectivity index is 0.000000138. The number of aromatic nitrogens is 3. The molecule has 0 radical (unpaired) electrons. The molecule has 0 unspecified atom stereocenters. The van der Waals surface area contributed by atoms with Crippen LogP contribution in [0.1, 0.15) is 11.5 Å². The Morgan fingerprint density at radius 2 is 1.78 bits per heavy atom. The van der Waals surface area contributed by atoms with Gasteiger partial charge in [-0.1, -0.05) is 24.3 Å². The number of nitrogens with zero attached hydrogens (tertiary/aromatic N) is 2. The molecule has 18 heavy (non-hydrogen) atoms. The Labute approximate surface area is 107 Å². The van der Waals surface area contributed by atoms with Gasteiger partial charge in [0.05, 0.1) is 12.6 Å².